The smallest absolute Gasteiger partial charge is 0.338 e. The molecule has 2 aromatic carbocycles. The molecule has 140 valence electrons. The zero-order valence-electron chi connectivity index (χ0n) is 15.3. The highest BCUT2D eigenvalue weighted by Gasteiger charge is 2.22. The molecular formula is C20H20N2O4S. The Balaban J connectivity index is 1.61. The van der Waals surface area contributed by atoms with Gasteiger partial charge in [-0.3, -0.25) is 4.79 Å². The van der Waals surface area contributed by atoms with Gasteiger partial charge in [-0.05, 0) is 37.3 Å². The minimum Gasteiger partial charge on any atom is -0.497 e. The number of hydrogen-bond donors (Lipinski definition) is 0. The van der Waals surface area contributed by atoms with Gasteiger partial charge in [0.15, 0.2) is 6.61 Å². The van der Waals surface area contributed by atoms with E-state index in [1.807, 2.05) is 31.2 Å². The van der Waals surface area contributed by atoms with E-state index in [2.05, 4.69) is 4.98 Å². The third kappa shape index (κ3) is 4.25. The van der Waals surface area contributed by atoms with E-state index in [9.17, 15) is 9.59 Å². The summed E-state index contributed by atoms with van der Waals surface area (Å²) < 4.78 is 11.3. The van der Waals surface area contributed by atoms with Crippen LogP contribution < -0.4 is 4.74 Å². The molecule has 1 amide bonds. The van der Waals surface area contributed by atoms with Gasteiger partial charge in [0.1, 0.15) is 10.8 Å². The molecule has 1 aromatic heterocycles. The van der Waals surface area contributed by atoms with Crippen LogP contribution in [0, 0.1) is 0 Å². The molecule has 1 heterocycles. The molecule has 0 saturated carbocycles. The van der Waals surface area contributed by atoms with Gasteiger partial charge in [0, 0.05) is 7.05 Å². The van der Waals surface area contributed by atoms with E-state index in [1.165, 1.54) is 12.0 Å². The molecule has 3 aromatic rings. The molecule has 0 bridgehead atoms. The van der Waals surface area contributed by atoms with Gasteiger partial charge < -0.3 is 14.4 Å². The molecule has 0 aliphatic rings. The normalized spacial score (nSPS) is 11.8. The highest BCUT2D eigenvalue weighted by molar-refractivity contribution is 7.18. The minimum absolute atomic E-state index is 0.217. The van der Waals surface area contributed by atoms with Crippen LogP contribution in [0.5, 0.6) is 5.75 Å². The second-order valence-corrected chi connectivity index (χ2v) is 7.07. The fraction of sp³-hybridized carbons (Fsp3) is 0.250. The van der Waals surface area contributed by atoms with Gasteiger partial charge in [-0.25, -0.2) is 9.78 Å². The summed E-state index contributed by atoms with van der Waals surface area (Å²) in [7, 11) is 3.20. The molecule has 7 heteroatoms. The summed E-state index contributed by atoms with van der Waals surface area (Å²) in [5, 5.41) is 0.839. The van der Waals surface area contributed by atoms with Gasteiger partial charge in [-0.15, -0.1) is 11.3 Å². The molecule has 0 aliphatic heterocycles. The zero-order valence-corrected chi connectivity index (χ0v) is 16.2. The molecule has 27 heavy (non-hydrogen) atoms. The molecule has 1 atom stereocenters. The van der Waals surface area contributed by atoms with Crippen molar-refractivity contribution in [2.75, 3.05) is 20.8 Å². The number of likely N-dealkylation sites (N-methyl/N-ethyl adjacent to an activating group) is 1. The van der Waals surface area contributed by atoms with Crippen LogP contribution in [0.15, 0.2) is 48.5 Å². The number of nitrogens with zero attached hydrogens (tertiary/aromatic N) is 2. The summed E-state index contributed by atoms with van der Waals surface area (Å²) in [6, 6.07) is 14.2. The highest BCUT2D eigenvalue weighted by atomic mass is 32.1. The Hall–Kier alpha value is -2.93. The molecule has 0 fully saturated rings. The van der Waals surface area contributed by atoms with Crippen molar-refractivity contribution in [2.24, 2.45) is 0 Å². The molecule has 0 spiro atoms. The number of methoxy groups -OCH3 is 1. The number of para-hydroxylation sites is 1. The Bertz CT molecular complexity index is 936. The Morgan fingerprint density at radius 3 is 2.70 bits per heavy atom. The summed E-state index contributed by atoms with van der Waals surface area (Å²) in [6.45, 7) is 1.57. The molecule has 0 radical (unpaired) electrons. The number of ether oxygens (including phenoxy) is 2. The number of carbonyl (C=O) groups excluding carboxylic acids is 2. The first-order chi connectivity index (χ1) is 13.0. The quantitative estimate of drug-likeness (QED) is 0.607. The number of benzene rings is 2. The number of fused-ring (bicyclic) bond motifs is 1. The Morgan fingerprint density at radius 2 is 1.96 bits per heavy atom. The fourth-order valence-corrected chi connectivity index (χ4v) is 3.58. The van der Waals surface area contributed by atoms with Crippen molar-refractivity contribution in [1.82, 2.24) is 9.88 Å². The van der Waals surface area contributed by atoms with Crippen molar-refractivity contribution >= 4 is 33.4 Å². The molecule has 3 rings (SSSR count). The van der Waals surface area contributed by atoms with Crippen molar-refractivity contribution in [3.63, 3.8) is 0 Å². The summed E-state index contributed by atoms with van der Waals surface area (Å²) in [5.74, 6) is -0.307. The summed E-state index contributed by atoms with van der Waals surface area (Å²) in [5.41, 5.74) is 1.25. The second-order valence-electron chi connectivity index (χ2n) is 6.01. The van der Waals surface area contributed by atoms with Crippen LogP contribution in [0.1, 0.15) is 28.3 Å². The first kappa shape index (κ1) is 18.8. The third-order valence-corrected chi connectivity index (χ3v) is 5.48. The number of esters is 1. The number of amides is 1. The minimum atomic E-state index is -0.566. The molecule has 6 nitrogen and oxygen atoms in total. The third-order valence-electron chi connectivity index (χ3n) is 4.27. The van der Waals surface area contributed by atoms with Crippen molar-refractivity contribution in [3.8, 4) is 5.75 Å². The molecule has 0 aliphatic carbocycles. The van der Waals surface area contributed by atoms with Gasteiger partial charge in [-0.2, -0.15) is 0 Å². The average Bonchev–Trinajstić information content (AvgIpc) is 3.14. The van der Waals surface area contributed by atoms with E-state index in [4.69, 9.17) is 9.47 Å². The Labute approximate surface area is 161 Å². The standard InChI is InChI=1S/C20H20N2O4S/c1-13(19-21-16-9-4-5-10-17(16)27-19)22(2)18(23)12-26-20(24)14-7-6-8-15(11-14)25-3/h4-11,13H,12H2,1-3H3/t13-/m1/s1. The number of carbonyl (C=O) groups is 2. The van der Waals surface area contributed by atoms with Gasteiger partial charge in [0.2, 0.25) is 0 Å². The van der Waals surface area contributed by atoms with Crippen molar-refractivity contribution < 1.29 is 19.1 Å². The van der Waals surface area contributed by atoms with Crippen molar-refractivity contribution in [1.29, 1.82) is 0 Å². The fourth-order valence-electron chi connectivity index (χ4n) is 2.51. The number of aromatic nitrogens is 1. The van der Waals surface area contributed by atoms with Crippen molar-refractivity contribution in [3.05, 3.63) is 59.1 Å². The van der Waals surface area contributed by atoms with Crippen LogP contribution >= 0.6 is 11.3 Å². The van der Waals surface area contributed by atoms with Crippen LogP contribution in [-0.2, 0) is 9.53 Å². The Kier molecular flexibility index (Phi) is 5.71. The lowest BCUT2D eigenvalue weighted by Crippen LogP contribution is -2.33. The summed E-state index contributed by atoms with van der Waals surface area (Å²) in [6.07, 6.45) is 0. The Morgan fingerprint density at radius 1 is 1.19 bits per heavy atom. The lowest BCUT2D eigenvalue weighted by molar-refractivity contribution is -0.135. The number of rotatable bonds is 6. The van der Waals surface area contributed by atoms with Crippen LogP contribution in [0.2, 0.25) is 0 Å². The molecule has 0 saturated heterocycles. The topological polar surface area (TPSA) is 68.7 Å². The van der Waals surface area contributed by atoms with Crippen LogP contribution in [0.4, 0.5) is 0 Å². The first-order valence-electron chi connectivity index (χ1n) is 8.42. The SMILES string of the molecule is COc1cccc(C(=O)OCC(=O)N(C)[C@H](C)c2nc3ccccc3s2)c1. The van der Waals surface area contributed by atoms with Crippen LogP contribution in [-0.4, -0.2) is 42.5 Å². The van der Waals surface area contributed by atoms with E-state index in [-0.39, 0.29) is 18.6 Å². The monoisotopic (exact) mass is 384 g/mol. The lowest BCUT2D eigenvalue weighted by atomic mass is 10.2. The average molecular weight is 384 g/mol. The predicted octanol–water partition coefficient (Wildman–Crippen LogP) is 3.68. The number of thiazole rings is 1. The van der Waals surface area contributed by atoms with E-state index in [0.29, 0.717) is 11.3 Å². The summed E-state index contributed by atoms with van der Waals surface area (Å²) >= 11 is 1.55. The number of hydrogen-bond acceptors (Lipinski definition) is 6. The second kappa shape index (κ2) is 8.18. The highest BCUT2D eigenvalue weighted by Crippen LogP contribution is 2.28. The molecule has 0 unspecified atom stereocenters. The van der Waals surface area contributed by atoms with Gasteiger partial charge in [0.05, 0.1) is 28.9 Å². The van der Waals surface area contributed by atoms with E-state index < -0.39 is 5.97 Å². The van der Waals surface area contributed by atoms with Gasteiger partial charge in [-0.1, -0.05) is 18.2 Å². The van der Waals surface area contributed by atoms with E-state index >= 15 is 0 Å². The van der Waals surface area contributed by atoms with E-state index in [0.717, 1.165) is 15.2 Å². The summed E-state index contributed by atoms with van der Waals surface area (Å²) in [4.78, 5) is 30.7. The lowest BCUT2D eigenvalue weighted by Gasteiger charge is -2.23. The first-order valence-corrected chi connectivity index (χ1v) is 9.23. The van der Waals surface area contributed by atoms with Crippen LogP contribution in [0.25, 0.3) is 10.2 Å². The van der Waals surface area contributed by atoms with Crippen LogP contribution in [0.3, 0.4) is 0 Å². The van der Waals surface area contributed by atoms with E-state index in [1.54, 1.807) is 42.6 Å². The van der Waals surface area contributed by atoms with Crippen molar-refractivity contribution in [2.45, 2.75) is 13.0 Å². The largest absolute Gasteiger partial charge is 0.497 e. The van der Waals surface area contributed by atoms with Gasteiger partial charge >= 0.3 is 5.97 Å². The maximum atomic E-state index is 12.4. The maximum absolute atomic E-state index is 12.4. The molecular weight excluding hydrogens is 364 g/mol. The maximum Gasteiger partial charge on any atom is 0.338 e. The van der Waals surface area contributed by atoms with Gasteiger partial charge in [0.25, 0.3) is 5.91 Å². The zero-order chi connectivity index (χ0) is 19.4. The predicted molar refractivity (Wildman–Crippen MR) is 104 cm³/mol. The molecule has 0 N–H and O–H groups in total.